The molecule has 0 amide bonds. The van der Waals surface area contributed by atoms with Crippen molar-refractivity contribution >= 4 is 11.6 Å². The van der Waals surface area contributed by atoms with Crippen molar-refractivity contribution in [3.05, 3.63) is 35.4 Å². The number of nitrogens with one attached hydrogen (secondary N) is 1. The van der Waals surface area contributed by atoms with Crippen LogP contribution in [0.25, 0.3) is 11.3 Å². The third-order valence-electron chi connectivity index (χ3n) is 7.07. The van der Waals surface area contributed by atoms with Crippen molar-refractivity contribution in [2.45, 2.75) is 51.0 Å². The summed E-state index contributed by atoms with van der Waals surface area (Å²) in [6, 6.07) is 5.01. The number of methoxy groups -OCH3 is 1. The fraction of sp³-hybridized carbons (Fsp3) is 0.615. The molecule has 35 heavy (non-hydrogen) atoms. The molecule has 4 rings (SSSR count). The smallest absolute Gasteiger partial charge is 0.232 e. The number of pyridine rings is 1. The first-order chi connectivity index (χ1) is 17.1. The van der Waals surface area contributed by atoms with Gasteiger partial charge in [-0.2, -0.15) is 5.26 Å². The molecule has 8 nitrogen and oxygen atoms in total. The monoisotopic (exact) mass is 499 g/mol. The zero-order valence-electron chi connectivity index (χ0n) is 20.3. The Bertz CT molecular complexity index is 1000. The van der Waals surface area contributed by atoms with Gasteiger partial charge in [-0.25, -0.2) is 4.98 Å². The van der Waals surface area contributed by atoms with Gasteiger partial charge in [-0.15, -0.1) is 0 Å². The largest absolute Gasteiger partial charge is 0.475 e. The SMILES string of the molecule is COCCNC1CCC(Cc2cc(-c3cncc(OCC4(C#N)CCOCC4)n3)c(Cl)cn2)CC1. The average molecular weight is 500 g/mol. The van der Waals surface area contributed by atoms with Gasteiger partial charge in [-0.05, 0) is 56.9 Å². The van der Waals surface area contributed by atoms with Crippen molar-refractivity contribution in [2.75, 3.05) is 40.1 Å². The molecule has 0 radical (unpaired) electrons. The molecular formula is C26H34ClN5O3. The molecule has 9 heteroatoms. The predicted molar refractivity (Wildman–Crippen MR) is 133 cm³/mol. The van der Waals surface area contributed by atoms with Crippen LogP contribution >= 0.6 is 11.6 Å². The van der Waals surface area contributed by atoms with Gasteiger partial charge in [-0.1, -0.05) is 11.6 Å². The summed E-state index contributed by atoms with van der Waals surface area (Å²) in [7, 11) is 1.73. The Labute approximate surface area is 212 Å². The van der Waals surface area contributed by atoms with E-state index in [2.05, 4.69) is 26.3 Å². The zero-order chi connectivity index (χ0) is 24.5. The molecule has 0 bridgehead atoms. The molecule has 2 fully saturated rings. The molecule has 1 aliphatic heterocycles. The number of rotatable bonds is 10. The Kier molecular flexibility index (Phi) is 9.27. The first-order valence-electron chi connectivity index (χ1n) is 12.4. The highest BCUT2D eigenvalue weighted by Gasteiger charge is 2.34. The van der Waals surface area contributed by atoms with E-state index in [9.17, 15) is 5.26 Å². The Morgan fingerprint density at radius 1 is 1.20 bits per heavy atom. The van der Waals surface area contributed by atoms with E-state index in [1.807, 2.05) is 6.07 Å². The lowest BCUT2D eigenvalue weighted by atomic mass is 9.83. The zero-order valence-corrected chi connectivity index (χ0v) is 21.1. The number of nitriles is 1. The van der Waals surface area contributed by atoms with Gasteiger partial charge in [-0.3, -0.25) is 9.97 Å². The Balaban J connectivity index is 1.38. The van der Waals surface area contributed by atoms with E-state index in [4.69, 9.17) is 25.8 Å². The second kappa shape index (κ2) is 12.6. The van der Waals surface area contributed by atoms with Gasteiger partial charge in [0.1, 0.15) is 6.61 Å². The maximum absolute atomic E-state index is 9.66. The fourth-order valence-electron chi connectivity index (χ4n) is 4.83. The minimum absolute atomic E-state index is 0.267. The predicted octanol–water partition coefficient (Wildman–Crippen LogP) is 4.23. The van der Waals surface area contributed by atoms with Crippen molar-refractivity contribution in [2.24, 2.45) is 11.3 Å². The third-order valence-corrected chi connectivity index (χ3v) is 7.37. The highest BCUT2D eigenvalue weighted by atomic mass is 35.5. The average Bonchev–Trinajstić information content (AvgIpc) is 2.90. The number of aromatic nitrogens is 3. The summed E-state index contributed by atoms with van der Waals surface area (Å²) in [5.41, 5.74) is 1.90. The van der Waals surface area contributed by atoms with E-state index in [1.54, 1.807) is 25.7 Å². The minimum atomic E-state index is -0.546. The van der Waals surface area contributed by atoms with Crippen LogP contribution in [0.5, 0.6) is 5.88 Å². The molecule has 188 valence electrons. The van der Waals surface area contributed by atoms with Crippen LogP contribution in [0.15, 0.2) is 24.7 Å². The van der Waals surface area contributed by atoms with E-state index < -0.39 is 5.41 Å². The molecule has 3 heterocycles. The van der Waals surface area contributed by atoms with E-state index in [0.717, 1.165) is 30.8 Å². The summed E-state index contributed by atoms with van der Waals surface area (Å²) in [6.07, 6.45) is 11.9. The molecule has 0 unspecified atom stereocenters. The molecule has 2 aromatic rings. The summed E-state index contributed by atoms with van der Waals surface area (Å²) < 4.78 is 16.4. The Morgan fingerprint density at radius 2 is 2.00 bits per heavy atom. The van der Waals surface area contributed by atoms with Crippen LogP contribution in [0, 0.1) is 22.7 Å². The highest BCUT2D eigenvalue weighted by Crippen LogP contribution is 2.32. The number of nitrogens with zero attached hydrogens (tertiary/aromatic N) is 4. The maximum Gasteiger partial charge on any atom is 0.232 e. The van der Waals surface area contributed by atoms with Crippen molar-refractivity contribution in [3.63, 3.8) is 0 Å². The highest BCUT2D eigenvalue weighted by molar-refractivity contribution is 6.33. The van der Waals surface area contributed by atoms with Crippen LogP contribution in [0.4, 0.5) is 0 Å². The number of halogens is 1. The third kappa shape index (κ3) is 7.11. The summed E-state index contributed by atoms with van der Waals surface area (Å²) in [5.74, 6) is 0.997. The topological polar surface area (TPSA) is 102 Å². The molecule has 2 aromatic heterocycles. The molecule has 1 saturated carbocycles. The maximum atomic E-state index is 9.66. The molecule has 1 saturated heterocycles. The van der Waals surface area contributed by atoms with Crippen molar-refractivity contribution in [1.82, 2.24) is 20.3 Å². The van der Waals surface area contributed by atoms with Crippen LogP contribution in [0.1, 0.15) is 44.2 Å². The van der Waals surface area contributed by atoms with E-state index in [1.165, 1.54) is 25.7 Å². The molecule has 0 spiro atoms. The molecule has 1 N–H and O–H groups in total. The second-order valence-electron chi connectivity index (χ2n) is 9.56. The van der Waals surface area contributed by atoms with Crippen LogP contribution < -0.4 is 10.1 Å². The summed E-state index contributed by atoms with van der Waals surface area (Å²) in [6.45, 7) is 3.07. The lowest BCUT2D eigenvalue weighted by Crippen LogP contribution is -2.35. The van der Waals surface area contributed by atoms with E-state index in [-0.39, 0.29) is 6.61 Å². The minimum Gasteiger partial charge on any atom is -0.475 e. The van der Waals surface area contributed by atoms with E-state index in [0.29, 0.717) is 54.6 Å². The Hall–Kier alpha value is -2.31. The molecule has 1 aliphatic carbocycles. The van der Waals surface area contributed by atoms with Gasteiger partial charge in [0, 0.05) is 50.4 Å². The normalized spacial score (nSPS) is 21.9. The second-order valence-corrected chi connectivity index (χ2v) is 9.97. The van der Waals surface area contributed by atoms with Crippen LogP contribution in [0.3, 0.4) is 0 Å². The summed E-state index contributed by atoms with van der Waals surface area (Å²) in [5, 5.41) is 13.8. The van der Waals surface area contributed by atoms with Gasteiger partial charge in [0.25, 0.3) is 0 Å². The molecule has 0 atom stereocenters. The van der Waals surface area contributed by atoms with Crippen molar-refractivity contribution in [1.29, 1.82) is 5.26 Å². The number of ether oxygens (including phenoxy) is 3. The van der Waals surface area contributed by atoms with Gasteiger partial charge < -0.3 is 19.5 Å². The standard InChI is InChI=1S/C26H34ClN5O3/c1-33-11-8-30-20-4-2-19(3-5-20)12-21-13-22(23(27)14-31-21)24-15-29-16-25(32-24)35-18-26(17-28)6-9-34-10-7-26/h13-16,19-20,30H,2-12,18H2,1H3. The first-order valence-corrected chi connectivity index (χ1v) is 12.8. The molecule has 0 aromatic carbocycles. The quantitative estimate of drug-likeness (QED) is 0.484. The van der Waals surface area contributed by atoms with Crippen molar-refractivity contribution < 1.29 is 14.2 Å². The van der Waals surface area contributed by atoms with Crippen LogP contribution in [-0.2, 0) is 15.9 Å². The first kappa shape index (κ1) is 25.8. The number of hydrogen-bond donors (Lipinski definition) is 1. The summed E-state index contributed by atoms with van der Waals surface area (Å²) in [4.78, 5) is 13.5. The van der Waals surface area contributed by atoms with Crippen LogP contribution in [0.2, 0.25) is 5.02 Å². The fourth-order valence-corrected chi connectivity index (χ4v) is 5.03. The lowest BCUT2D eigenvalue weighted by molar-refractivity contribution is 0.0182. The Morgan fingerprint density at radius 3 is 2.74 bits per heavy atom. The van der Waals surface area contributed by atoms with Crippen LogP contribution in [-0.4, -0.2) is 61.1 Å². The van der Waals surface area contributed by atoms with Gasteiger partial charge in [0.05, 0.1) is 41.2 Å². The molecular weight excluding hydrogens is 466 g/mol. The van der Waals surface area contributed by atoms with Gasteiger partial charge >= 0.3 is 0 Å². The summed E-state index contributed by atoms with van der Waals surface area (Å²) >= 11 is 6.50. The molecule has 2 aliphatic rings. The van der Waals surface area contributed by atoms with Gasteiger partial charge in [0.2, 0.25) is 5.88 Å². The van der Waals surface area contributed by atoms with E-state index >= 15 is 0 Å². The number of hydrogen-bond acceptors (Lipinski definition) is 8. The van der Waals surface area contributed by atoms with Gasteiger partial charge in [0.15, 0.2) is 0 Å². The lowest BCUT2D eigenvalue weighted by Gasteiger charge is -2.30. The van der Waals surface area contributed by atoms with Crippen molar-refractivity contribution in [3.8, 4) is 23.2 Å².